The zero-order valence-corrected chi connectivity index (χ0v) is 7.68. The Balaban J connectivity index is 3.52. The Morgan fingerprint density at radius 3 is 2.07 bits per heavy atom. The summed E-state index contributed by atoms with van der Waals surface area (Å²) in [6.45, 7) is 3.14. The molecule has 0 aliphatic rings. The molecule has 0 atom stereocenters. The molecule has 74 valence electrons. The first kappa shape index (κ1) is 10.1. The maximum absolute atomic E-state index is 10.6. The number of nitrogens with zero attached hydrogens (tertiary/aromatic N) is 2. The number of benzene rings is 1. The van der Waals surface area contributed by atoms with E-state index in [0.717, 1.165) is 0 Å². The zero-order chi connectivity index (χ0) is 10.9. The van der Waals surface area contributed by atoms with Gasteiger partial charge in [-0.05, 0) is 25.5 Å². The Bertz CT molecular complexity index is 414. The van der Waals surface area contributed by atoms with Crippen molar-refractivity contribution in [3.8, 4) is 0 Å². The maximum atomic E-state index is 10.6. The Hall–Kier alpha value is -1.98. The molecule has 0 aromatic heterocycles. The lowest BCUT2D eigenvalue weighted by atomic mass is 10.1. The van der Waals surface area contributed by atoms with Gasteiger partial charge in [0.2, 0.25) is 0 Å². The Morgan fingerprint density at radius 1 is 1.07 bits per heavy atom. The van der Waals surface area contributed by atoms with Crippen molar-refractivity contribution in [3.63, 3.8) is 0 Å². The van der Waals surface area contributed by atoms with Gasteiger partial charge >= 0.3 is 11.4 Å². The van der Waals surface area contributed by atoms with Crippen LogP contribution in [0.2, 0.25) is 0 Å². The highest BCUT2D eigenvalue weighted by molar-refractivity contribution is 5.58. The van der Waals surface area contributed by atoms with Gasteiger partial charge in [-0.15, -0.1) is 0 Å². The molecule has 0 saturated heterocycles. The number of nitro groups is 2. The molecule has 1 aromatic rings. The van der Waals surface area contributed by atoms with Crippen molar-refractivity contribution in [2.24, 2.45) is 0 Å². The van der Waals surface area contributed by atoms with E-state index in [9.17, 15) is 20.2 Å². The van der Waals surface area contributed by atoms with E-state index in [1.54, 1.807) is 13.0 Å². The smallest absolute Gasteiger partial charge is 0.258 e. The molecule has 1 aromatic carbocycles. The molecule has 0 bridgehead atoms. The summed E-state index contributed by atoms with van der Waals surface area (Å²) in [4.78, 5) is 19.6. The second-order valence-corrected chi connectivity index (χ2v) is 2.96. The third-order valence-corrected chi connectivity index (χ3v) is 1.80. The summed E-state index contributed by atoms with van der Waals surface area (Å²) in [5.41, 5.74) is 0.0644. The van der Waals surface area contributed by atoms with E-state index in [1.165, 1.54) is 13.0 Å². The third-order valence-electron chi connectivity index (χ3n) is 1.80. The van der Waals surface area contributed by atoms with Gasteiger partial charge < -0.3 is 0 Å². The summed E-state index contributed by atoms with van der Waals surface area (Å²) < 4.78 is 0. The minimum absolute atomic E-state index is 0.307. The predicted octanol–water partition coefficient (Wildman–Crippen LogP) is 2.12. The van der Waals surface area contributed by atoms with Crippen LogP contribution >= 0.6 is 0 Å². The topological polar surface area (TPSA) is 86.3 Å². The number of hydrogen-bond acceptors (Lipinski definition) is 4. The monoisotopic (exact) mass is 196 g/mol. The van der Waals surface area contributed by atoms with Crippen LogP contribution < -0.4 is 0 Å². The van der Waals surface area contributed by atoms with Crippen molar-refractivity contribution in [2.45, 2.75) is 13.8 Å². The van der Waals surface area contributed by atoms with Crippen molar-refractivity contribution in [1.29, 1.82) is 0 Å². The molecule has 14 heavy (non-hydrogen) atoms. The SMILES string of the molecule is Cc1cc(C)c([N+](=O)[O-])c([N+](=O)[O-])c1. The first-order chi connectivity index (χ1) is 6.43. The van der Waals surface area contributed by atoms with Crippen LogP contribution in [0.25, 0.3) is 0 Å². The number of hydrogen-bond donors (Lipinski definition) is 0. The molecular weight excluding hydrogens is 188 g/mol. The predicted molar refractivity (Wildman–Crippen MR) is 49.2 cm³/mol. The number of rotatable bonds is 2. The first-order valence-corrected chi connectivity index (χ1v) is 3.83. The molecule has 0 unspecified atom stereocenters. The van der Waals surface area contributed by atoms with E-state index in [-0.39, 0.29) is 0 Å². The highest BCUT2D eigenvalue weighted by atomic mass is 16.6. The van der Waals surface area contributed by atoms with Gasteiger partial charge in [-0.25, -0.2) is 0 Å². The quantitative estimate of drug-likeness (QED) is 0.535. The summed E-state index contributed by atoms with van der Waals surface area (Å²) in [5, 5.41) is 21.1. The van der Waals surface area contributed by atoms with Gasteiger partial charge in [-0.1, -0.05) is 0 Å². The zero-order valence-electron chi connectivity index (χ0n) is 7.68. The average Bonchev–Trinajstić information content (AvgIpc) is 2.01. The summed E-state index contributed by atoms with van der Waals surface area (Å²) in [5.74, 6) is 0. The summed E-state index contributed by atoms with van der Waals surface area (Å²) >= 11 is 0. The van der Waals surface area contributed by atoms with Crippen LogP contribution in [0.5, 0.6) is 0 Å². The standard InChI is InChI=1S/C8H8N2O4/c1-5-3-6(2)8(10(13)14)7(4-5)9(11)12/h3-4H,1-2H3. The van der Waals surface area contributed by atoms with Gasteiger partial charge in [-0.2, -0.15) is 0 Å². The first-order valence-electron chi connectivity index (χ1n) is 3.83. The van der Waals surface area contributed by atoms with Crippen molar-refractivity contribution in [3.05, 3.63) is 43.5 Å². The second-order valence-electron chi connectivity index (χ2n) is 2.96. The van der Waals surface area contributed by atoms with Crippen molar-refractivity contribution >= 4 is 11.4 Å². The van der Waals surface area contributed by atoms with Crippen LogP contribution in [0.3, 0.4) is 0 Å². The van der Waals surface area contributed by atoms with Crippen molar-refractivity contribution < 1.29 is 9.85 Å². The molecule has 1 rings (SSSR count). The molecule has 0 aliphatic carbocycles. The molecule has 0 N–H and O–H groups in total. The van der Waals surface area contributed by atoms with Gasteiger partial charge in [0.1, 0.15) is 0 Å². The summed E-state index contributed by atoms with van der Waals surface area (Å²) in [6, 6.07) is 2.75. The van der Waals surface area contributed by atoms with E-state index < -0.39 is 21.2 Å². The second kappa shape index (κ2) is 3.41. The molecule has 0 saturated carbocycles. The third kappa shape index (κ3) is 1.68. The fourth-order valence-electron chi connectivity index (χ4n) is 1.31. The Morgan fingerprint density at radius 2 is 1.64 bits per heavy atom. The van der Waals surface area contributed by atoms with Crippen LogP contribution in [-0.2, 0) is 0 Å². The van der Waals surface area contributed by atoms with E-state index in [4.69, 9.17) is 0 Å². The lowest BCUT2D eigenvalue weighted by Gasteiger charge is -1.99. The van der Waals surface area contributed by atoms with Gasteiger partial charge in [-0.3, -0.25) is 20.2 Å². The van der Waals surface area contributed by atoms with Crippen molar-refractivity contribution in [2.75, 3.05) is 0 Å². The van der Waals surface area contributed by atoms with E-state index >= 15 is 0 Å². The molecule has 0 fully saturated rings. The number of nitro benzene ring substituents is 2. The summed E-state index contributed by atoms with van der Waals surface area (Å²) in [6.07, 6.45) is 0. The minimum atomic E-state index is -0.738. The van der Waals surface area contributed by atoms with E-state index in [2.05, 4.69) is 0 Å². The molecule has 0 spiro atoms. The molecule has 6 heteroatoms. The van der Waals surface area contributed by atoms with Crippen LogP contribution in [-0.4, -0.2) is 9.85 Å². The van der Waals surface area contributed by atoms with Crippen LogP contribution in [0, 0.1) is 34.1 Å². The van der Waals surface area contributed by atoms with Crippen LogP contribution in [0.15, 0.2) is 12.1 Å². The van der Waals surface area contributed by atoms with E-state index in [0.29, 0.717) is 11.1 Å². The molecule has 0 amide bonds. The molecule has 0 aliphatic heterocycles. The van der Waals surface area contributed by atoms with Crippen LogP contribution in [0.1, 0.15) is 11.1 Å². The Kier molecular flexibility index (Phi) is 2.46. The van der Waals surface area contributed by atoms with E-state index in [1.807, 2.05) is 0 Å². The fraction of sp³-hybridized carbons (Fsp3) is 0.250. The largest absolute Gasteiger partial charge is 0.348 e. The average molecular weight is 196 g/mol. The molecule has 0 heterocycles. The highest BCUT2D eigenvalue weighted by Gasteiger charge is 2.26. The Labute approximate surface area is 79.5 Å². The number of aryl methyl sites for hydroxylation is 2. The maximum Gasteiger partial charge on any atom is 0.348 e. The van der Waals surface area contributed by atoms with Gasteiger partial charge in [0, 0.05) is 11.6 Å². The lowest BCUT2D eigenvalue weighted by Crippen LogP contribution is -1.99. The summed E-state index contributed by atoms with van der Waals surface area (Å²) in [7, 11) is 0. The lowest BCUT2D eigenvalue weighted by molar-refractivity contribution is -0.422. The van der Waals surface area contributed by atoms with Gasteiger partial charge in [0.25, 0.3) is 0 Å². The normalized spacial score (nSPS) is 9.86. The van der Waals surface area contributed by atoms with Crippen molar-refractivity contribution in [1.82, 2.24) is 0 Å². The van der Waals surface area contributed by atoms with Gasteiger partial charge in [0.15, 0.2) is 0 Å². The highest BCUT2D eigenvalue weighted by Crippen LogP contribution is 2.31. The van der Waals surface area contributed by atoms with Gasteiger partial charge in [0.05, 0.1) is 9.85 Å². The molecule has 6 nitrogen and oxygen atoms in total. The minimum Gasteiger partial charge on any atom is -0.258 e. The molecule has 0 radical (unpaired) electrons. The van der Waals surface area contributed by atoms with Crippen LogP contribution in [0.4, 0.5) is 11.4 Å². The fourth-order valence-corrected chi connectivity index (χ4v) is 1.31. The molecular formula is C8H8N2O4.